The number of aromatic nitrogens is 2. The zero-order valence-corrected chi connectivity index (χ0v) is 13.3. The average Bonchev–Trinajstić information content (AvgIpc) is 2.72. The maximum Gasteiger partial charge on any atom is 0.150 e. The highest BCUT2D eigenvalue weighted by Gasteiger charge is 2.12. The molecule has 2 aromatic rings. The molecule has 1 aromatic heterocycles. The standard InChI is InChI=1S/C14H15BrN2OS/c1-3-17-13(14(15)10(2)16-17)9-19-12-6-4-11(8-18)5-7-12/h4-8H,3,9H2,1-2H3. The first-order chi connectivity index (χ1) is 9.15. The van der Waals surface area contributed by atoms with Crippen LogP contribution in [0.4, 0.5) is 0 Å². The van der Waals surface area contributed by atoms with Gasteiger partial charge < -0.3 is 0 Å². The zero-order chi connectivity index (χ0) is 13.8. The van der Waals surface area contributed by atoms with Gasteiger partial charge in [0.2, 0.25) is 0 Å². The molecule has 0 bridgehead atoms. The lowest BCUT2D eigenvalue weighted by Gasteiger charge is -2.05. The molecule has 3 nitrogen and oxygen atoms in total. The number of aldehydes is 1. The van der Waals surface area contributed by atoms with Crippen LogP contribution in [0.3, 0.4) is 0 Å². The van der Waals surface area contributed by atoms with Gasteiger partial charge >= 0.3 is 0 Å². The van der Waals surface area contributed by atoms with E-state index >= 15 is 0 Å². The van der Waals surface area contributed by atoms with Gasteiger partial charge in [-0.2, -0.15) is 5.10 Å². The molecule has 2 rings (SSSR count). The first kappa shape index (κ1) is 14.3. The molecule has 0 N–H and O–H groups in total. The summed E-state index contributed by atoms with van der Waals surface area (Å²) in [6.45, 7) is 4.96. The number of carbonyl (C=O) groups excluding carboxylic acids is 1. The van der Waals surface area contributed by atoms with Crippen LogP contribution in [0.2, 0.25) is 0 Å². The van der Waals surface area contributed by atoms with E-state index < -0.39 is 0 Å². The topological polar surface area (TPSA) is 34.9 Å². The third-order valence-electron chi connectivity index (χ3n) is 2.84. The van der Waals surface area contributed by atoms with Crippen molar-refractivity contribution in [3.63, 3.8) is 0 Å². The van der Waals surface area contributed by atoms with Crippen LogP contribution in [0.15, 0.2) is 33.6 Å². The molecule has 5 heteroatoms. The lowest BCUT2D eigenvalue weighted by molar-refractivity contribution is 0.112. The van der Waals surface area contributed by atoms with Gasteiger partial charge in [-0.15, -0.1) is 11.8 Å². The Morgan fingerprint density at radius 3 is 2.63 bits per heavy atom. The van der Waals surface area contributed by atoms with Gasteiger partial charge in [-0.1, -0.05) is 12.1 Å². The number of hydrogen-bond acceptors (Lipinski definition) is 3. The summed E-state index contributed by atoms with van der Waals surface area (Å²) in [5, 5.41) is 4.48. The summed E-state index contributed by atoms with van der Waals surface area (Å²) in [5.41, 5.74) is 2.93. The van der Waals surface area contributed by atoms with Gasteiger partial charge in [-0.05, 0) is 41.9 Å². The fraction of sp³-hybridized carbons (Fsp3) is 0.286. The van der Waals surface area contributed by atoms with Crippen molar-refractivity contribution in [2.24, 2.45) is 0 Å². The number of benzene rings is 1. The summed E-state index contributed by atoms with van der Waals surface area (Å²) in [6, 6.07) is 7.63. The quantitative estimate of drug-likeness (QED) is 0.608. The number of halogens is 1. The van der Waals surface area contributed by atoms with E-state index in [4.69, 9.17) is 0 Å². The van der Waals surface area contributed by atoms with Crippen LogP contribution in [0.5, 0.6) is 0 Å². The summed E-state index contributed by atoms with van der Waals surface area (Å²) < 4.78 is 3.11. The Balaban J connectivity index is 2.11. The van der Waals surface area contributed by atoms with E-state index in [-0.39, 0.29) is 0 Å². The Hall–Kier alpha value is -1.07. The number of hydrogen-bond donors (Lipinski definition) is 0. The fourth-order valence-corrected chi connectivity index (χ4v) is 3.34. The molecule has 0 unspecified atom stereocenters. The predicted molar refractivity (Wildman–Crippen MR) is 81.7 cm³/mol. The Morgan fingerprint density at radius 1 is 1.37 bits per heavy atom. The van der Waals surface area contributed by atoms with Gasteiger partial charge in [-0.3, -0.25) is 9.48 Å². The second kappa shape index (κ2) is 6.39. The molecule has 0 aliphatic carbocycles. The Morgan fingerprint density at radius 2 is 2.05 bits per heavy atom. The first-order valence-electron chi connectivity index (χ1n) is 6.05. The highest BCUT2D eigenvalue weighted by atomic mass is 79.9. The van der Waals surface area contributed by atoms with E-state index in [0.717, 1.165) is 33.6 Å². The minimum Gasteiger partial charge on any atom is -0.298 e. The third-order valence-corrected chi connectivity index (χ3v) is 4.90. The summed E-state index contributed by atoms with van der Waals surface area (Å²) in [4.78, 5) is 11.8. The molecule has 0 spiro atoms. The lowest BCUT2D eigenvalue weighted by Crippen LogP contribution is -2.01. The van der Waals surface area contributed by atoms with Crippen molar-refractivity contribution in [3.05, 3.63) is 45.7 Å². The highest BCUT2D eigenvalue weighted by molar-refractivity contribution is 9.10. The summed E-state index contributed by atoms with van der Waals surface area (Å²) >= 11 is 5.34. The van der Waals surface area contributed by atoms with Crippen molar-refractivity contribution in [3.8, 4) is 0 Å². The SMILES string of the molecule is CCn1nc(C)c(Br)c1CSc1ccc(C=O)cc1. The van der Waals surface area contributed by atoms with E-state index in [1.807, 2.05) is 35.9 Å². The number of rotatable bonds is 5. The number of nitrogens with zero attached hydrogens (tertiary/aromatic N) is 2. The van der Waals surface area contributed by atoms with Crippen LogP contribution in [0.25, 0.3) is 0 Å². The van der Waals surface area contributed by atoms with Crippen molar-refractivity contribution in [1.29, 1.82) is 0 Å². The fourth-order valence-electron chi connectivity index (χ4n) is 1.80. The number of aryl methyl sites for hydroxylation is 2. The maximum atomic E-state index is 10.6. The molecular weight excluding hydrogens is 324 g/mol. The molecule has 19 heavy (non-hydrogen) atoms. The maximum absolute atomic E-state index is 10.6. The summed E-state index contributed by atoms with van der Waals surface area (Å²) in [6.07, 6.45) is 0.862. The van der Waals surface area contributed by atoms with Crippen LogP contribution in [-0.2, 0) is 12.3 Å². The van der Waals surface area contributed by atoms with Gasteiger partial charge in [0.25, 0.3) is 0 Å². The van der Waals surface area contributed by atoms with Gasteiger partial charge in [0.1, 0.15) is 6.29 Å². The molecule has 0 aliphatic rings. The van der Waals surface area contributed by atoms with E-state index in [0.29, 0.717) is 5.56 Å². The molecule has 0 radical (unpaired) electrons. The molecule has 0 saturated carbocycles. The third kappa shape index (κ3) is 3.28. The summed E-state index contributed by atoms with van der Waals surface area (Å²) in [7, 11) is 0. The zero-order valence-electron chi connectivity index (χ0n) is 10.9. The van der Waals surface area contributed by atoms with E-state index in [1.54, 1.807) is 11.8 Å². The largest absolute Gasteiger partial charge is 0.298 e. The van der Waals surface area contributed by atoms with Crippen molar-refractivity contribution in [2.75, 3.05) is 0 Å². The molecule has 100 valence electrons. The smallest absolute Gasteiger partial charge is 0.150 e. The molecule has 1 aromatic carbocycles. The Kier molecular flexibility index (Phi) is 4.82. The van der Waals surface area contributed by atoms with Crippen molar-refractivity contribution < 1.29 is 4.79 Å². The van der Waals surface area contributed by atoms with Crippen LogP contribution >= 0.6 is 27.7 Å². The monoisotopic (exact) mass is 338 g/mol. The van der Waals surface area contributed by atoms with E-state index in [9.17, 15) is 4.79 Å². The van der Waals surface area contributed by atoms with Crippen molar-refractivity contribution >= 4 is 34.0 Å². The van der Waals surface area contributed by atoms with Crippen molar-refractivity contribution in [2.45, 2.75) is 31.0 Å². The predicted octanol–water partition coefficient (Wildman–Crippen LogP) is 4.08. The molecule has 0 atom stereocenters. The van der Waals surface area contributed by atoms with E-state index in [2.05, 4.69) is 28.0 Å². The second-order valence-electron chi connectivity index (χ2n) is 4.14. The molecular formula is C14H15BrN2OS. The minimum atomic E-state index is 0.708. The van der Waals surface area contributed by atoms with E-state index in [1.165, 1.54) is 5.69 Å². The Labute approximate surface area is 125 Å². The minimum absolute atomic E-state index is 0.708. The lowest BCUT2D eigenvalue weighted by atomic mass is 10.2. The highest BCUT2D eigenvalue weighted by Crippen LogP contribution is 2.29. The van der Waals surface area contributed by atoms with Crippen molar-refractivity contribution in [1.82, 2.24) is 9.78 Å². The first-order valence-corrected chi connectivity index (χ1v) is 7.83. The average molecular weight is 339 g/mol. The molecule has 0 aliphatic heterocycles. The number of thioether (sulfide) groups is 1. The Bertz CT molecular complexity index is 578. The molecule has 1 heterocycles. The normalized spacial score (nSPS) is 10.7. The second-order valence-corrected chi connectivity index (χ2v) is 5.98. The van der Waals surface area contributed by atoms with Gasteiger partial charge in [0.05, 0.1) is 15.9 Å². The van der Waals surface area contributed by atoms with Crippen LogP contribution < -0.4 is 0 Å². The summed E-state index contributed by atoms with van der Waals surface area (Å²) in [5.74, 6) is 0.857. The van der Waals surface area contributed by atoms with Crippen LogP contribution in [-0.4, -0.2) is 16.1 Å². The molecule has 0 fully saturated rings. The number of carbonyl (C=O) groups is 1. The molecule has 0 amide bonds. The van der Waals surface area contributed by atoms with Crippen LogP contribution in [0, 0.1) is 6.92 Å². The van der Waals surface area contributed by atoms with Gasteiger partial charge in [0, 0.05) is 22.8 Å². The van der Waals surface area contributed by atoms with Gasteiger partial charge in [-0.25, -0.2) is 0 Å². The van der Waals surface area contributed by atoms with Crippen LogP contribution in [0.1, 0.15) is 28.7 Å². The molecule has 0 saturated heterocycles. The van der Waals surface area contributed by atoms with Gasteiger partial charge in [0.15, 0.2) is 0 Å².